The highest BCUT2D eigenvalue weighted by molar-refractivity contribution is 5.76. The number of carbonyl (C=O) groups is 1. The van der Waals surface area contributed by atoms with Gasteiger partial charge in [-0.1, -0.05) is 13.8 Å². The minimum atomic E-state index is -0.00694. The molecule has 0 heterocycles. The Morgan fingerprint density at radius 1 is 1.40 bits per heavy atom. The van der Waals surface area contributed by atoms with Crippen molar-refractivity contribution in [3.05, 3.63) is 0 Å². The third kappa shape index (κ3) is 7.43. The number of rotatable bonds is 2. The minimum absolute atomic E-state index is 0.00694. The van der Waals surface area contributed by atoms with E-state index >= 15 is 0 Å². The fourth-order valence-corrected chi connectivity index (χ4v) is 0.253. The highest BCUT2D eigenvalue weighted by atomic mass is 16.5. The molecule has 0 fully saturated rings. The van der Waals surface area contributed by atoms with Crippen LogP contribution in [0.15, 0.2) is 0 Å². The molecule has 0 unspecified atom stereocenters. The zero-order chi connectivity index (χ0) is 8.57. The fourth-order valence-electron chi connectivity index (χ4n) is 0.253. The van der Waals surface area contributed by atoms with E-state index in [0.29, 0.717) is 0 Å². The summed E-state index contributed by atoms with van der Waals surface area (Å²) in [6, 6.07) is 0. The van der Waals surface area contributed by atoms with E-state index in [-0.39, 0.29) is 12.5 Å². The van der Waals surface area contributed by atoms with E-state index in [1.165, 1.54) is 12.0 Å². The number of hydrogen-bond acceptors (Lipinski definition) is 2. The van der Waals surface area contributed by atoms with Crippen LogP contribution in [0.2, 0.25) is 0 Å². The van der Waals surface area contributed by atoms with Gasteiger partial charge in [0, 0.05) is 21.2 Å². The Balaban J connectivity index is 0. The SMILES string of the molecule is CC.COCC(=O)N(C)C. The smallest absolute Gasteiger partial charge is 0.248 e. The summed E-state index contributed by atoms with van der Waals surface area (Å²) in [5, 5.41) is 0. The van der Waals surface area contributed by atoms with Crippen LogP contribution >= 0.6 is 0 Å². The Labute approximate surface area is 63.0 Å². The Kier molecular flexibility index (Phi) is 10.2. The van der Waals surface area contributed by atoms with Crippen LogP contribution in [0, 0.1) is 0 Å². The van der Waals surface area contributed by atoms with Crippen LogP contribution in [0.4, 0.5) is 0 Å². The number of carbonyl (C=O) groups excluding carboxylic acids is 1. The maximum atomic E-state index is 10.5. The Hall–Kier alpha value is -0.570. The zero-order valence-electron chi connectivity index (χ0n) is 7.47. The predicted molar refractivity (Wildman–Crippen MR) is 41.9 cm³/mol. The lowest BCUT2D eigenvalue weighted by Crippen LogP contribution is -2.25. The van der Waals surface area contributed by atoms with Gasteiger partial charge in [-0.15, -0.1) is 0 Å². The van der Waals surface area contributed by atoms with Crippen molar-refractivity contribution in [1.29, 1.82) is 0 Å². The first-order valence-corrected chi connectivity index (χ1v) is 3.37. The molecular formula is C7H17NO2. The van der Waals surface area contributed by atoms with Crippen molar-refractivity contribution < 1.29 is 9.53 Å². The van der Waals surface area contributed by atoms with Gasteiger partial charge in [-0.3, -0.25) is 4.79 Å². The van der Waals surface area contributed by atoms with Gasteiger partial charge in [0.2, 0.25) is 5.91 Å². The van der Waals surface area contributed by atoms with Gasteiger partial charge in [0.15, 0.2) is 0 Å². The van der Waals surface area contributed by atoms with Gasteiger partial charge in [-0.05, 0) is 0 Å². The summed E-state index contributed by atoms with van der Waals surface area (Å²) in [5.74, 6) is -0.00694. The topological polar surface area (TPSA) is 29.5 Å². The highest BCUT2D eigenvalue weighted by Crippen LogP contribution is 1.76. The van der Waals surface area contributed by atoms with Crippen molar-refractivity contribution in [3.8, 4) is 0 Å². The summed E-state index contributed by atoms with van der Waals surface area (Å²) in [4.78, 5) is 12.0. The van der Waals surface area contributed by atoms with E-state index in [9.17, 15) is 4.79 Å². The number of hydrogen-bond donors (Lipinski definition) is 0. The van der Waals surface area contributed by atoms with Crippen LogP contribution in [0.1, 0.15) is 13.8 Å². The highest BCUT2D eigenvalue weighted by Gasteiger charge is 1.99. The average molecular weight is 147 g/mol. The second kappa shape index (κ2) is 8.43. The molecule has 0 aromatic heterocycles. The summed E-state index contributed by atoms with van der Waals surface area (Å²) in [7, 11) is 4.89. The molecule has 0 rings (SSSR count). The first-order chi connectivity index (χ1) is 4.68. The van der Waals surface area contributed by atoms with Gasteiger partial charge in [0.05, 0.1) is 0 Å². The van der Waals surface area contributed by atoms with Crippen molar-refractivity contribution in [1.82, 2.24) is 4.90 Å². The van der Waals surface area contributed by atoms with Gasteiger partial charge >= 0.3 is 0 Å². The van der Waals surface area contributed by atoms with Crippen molar-refractivity contribution in [2.24, 2.45) is 0 Å². The lowest BCUT2D eigenvalue weighted by Gasteiger charge is -2.07. The molecule has 0 aromatic rings. The normalized spacial score (nSPS) is 7.70. The summed E-state index contributed by atoms with van der Waals surface area (Å²) in [6.07, 6.45) is 0. The molecule has 62 valence electrons. The Morgan fingerprint density at radius 3 is 1.90 bits per heavy atom. The van der Waals surface area contributed by atoms with Crippen LogP contribution < -0.4 is 0 Å². The molecule has 0 saturated heterocycles. The number of amides is 1. The largest absolute Gasteiger partial charge is 0.375 e. The van der Waals surface area contributed by atoms with E-state index in [0.717, 1.165) is 0 Å². The molecule has 0 aliphatic rings. The number of likely N-dealkylation sites (N-methyl/N-ethyl adjacent to an activating group) is 1. The van der Waals surface area contributed by atoms with Gasteiger partial charge in [-0.25, -0.2) is 0 Å². The first-order valence-electron chi connectivity index (χ1n) is 3.37. The van der Waals surface area contributed by atoms with E-state index in [1.54, 1.807) is 14.1 Å². The molecule has 0 bridgehead atoms. The fraction of sp³-hybridized carbons (Fsp3) is 0.857. The van der Waals surface area contributed by atoms with Crippen molar-refractivity contribution in [2.75, 3.05) is 27.8 Å². The Bertz CT molecular complexity index is 81.7. The molecule has 0 atom stereocenters. The molecule has 0 spiro atoms. The molecule has 10 heavy (non-hydrogen) atoms. The molecule has 0 saturated carbocycles. The van der Waals surface area contributed by atoms with Crippen molar-refractivity contribution >= 4 is 5.91 Å². The molecule has 0 aromatic carbocycles. The van der Waals surface area contributed by atoms with E-state index in [4.69, 9.17) is 0 Å². The van der Waals surface area contributed by atoms with Gasteiger partial charge in [-0.2, -0.15) is 0 Å². The monoisotopic (exact) mass is 147 g/mol. The van der Waals surface area contributed by atoms with Gasteiger partial charge in [0.1, 0.15) is 6.61 Å². The molecule has 0 radical (unpaired) electrons. The molecule has 0 N–H and O–H groups in total. The summed E-state index contributed by atoms with van der Waals surface area (Å²) < 4.78 is 4.57. The lowest BCUT2D eigenvalue weighted by atomic mass is 10.6. The van der Waals surface area contributed by atoms with Crippen molar-refractivity contribution in [2.45, 2.75) is 13.8 Å². The number of nitrogens with zero attached hydrogens (tertiary/aromatic N) is 1. The van der Waals surface area contributed by atoms with E-state index < -0.39 is 0 Å². The molecule has 1 amide bonds. The van der Waals surface area contributed by atoms with Crippen LogP contribution in [0.25, 0.3) is 0 Å². The second-order valence-electron chi connectivity index (χ2n) is 1.72. The van der Waals surface area contributed by atoms with Crippen LogP contribution in [-0.2, 0) is 9.53 Å². The molecule has 3 heteroatoms. The van der Waals surface area contributed by atoms with Gasteiger partial charge in [0.25, 0.3) is 0 Å². The van der Waals surface area contributed by atoms with E-state index in [2.05, 4.69) is 4.74 Å². The molecule has 0 aliphatic heterocycles. The maximum Gasteiger partial charge on any atom is 0.248 e. The lowest BCUT2D eigenvalue weighted by molar-refractivity contribution is -0.132. The predicted octanol–water partition coefficient (Wildman–Crippen LogP) is 0.747. The van der Waals surface area contributed by atoms with Crippen LogP contribution in [0.5, 0.6) is 0 Å². The summed E-state index contributed by atoms with van der Waals surface area (Å²) in [6.45, 7) is 4.17. The Morgan fingerprint density at radius 2 is 1.80 bits per heavy atom. The summed E-state index contributed by atoms with van der Waals surface area (Å²) >= 11 is 0. The zero-order valence-corrected chi connectivity index (χ0v) is 7.47. The number of ether oxygens (including phenoxy) is 1. The quantitative estimate of drug-likeness (QED) is 0.576. The molecular weight excluding hydrogens is 130 g/mol. The van der Waals surface area contributed by atoms with Crippen LogP contribution in [0.3, 0.4) is 0 Å². The molecule has 3 nitrogen and oxygen atoms in total. The first kappa shape index (κ1) is 12.1. The number of methoxy groups -OCH3 is 1. The van der Waals surface area contributed by atoms with Gasteiger partial charge < -0.3 is 9.64 Å². The maximum absolute atomic E-state index is 10.5. The summed E-state index contributed by atoms with van der Waals surface area (Å²) in [5.41, 5.74) is 0. The second-order valence-corrected chi connectivity index (χ2v) is 1.72. The minimum Gasteiger partial charge on any atom is -0.375 e. The van der Waals surface area contributed by atoms with Crippen LogP contribution in [-0.4, -0.2) is 38.6 Å². The third-order valence-corrected chi connectivity index (χ3v) is 0.767. The molecule has 0 aliphatic carbocycles. The van der Waals surface area contributed by atoms with Crippen molar-refractivity contribution in [3.63, 3.8) is 0 Å². The van der Waals surface area contributed by atoms with E-state index in [1.807, 2.05) is 13.8 Å². The third-order valence-electron chi connectivity index (χ3n) is 0.767. The standard InChI is InChI=1S/C5H11NO2.C2H6/c1-6(2)5(7)4-8-3;1-2/h4H2,1-3H3;1-2H3. The average Bonchev–Trinajstić information content (AvgIpc) is 1.93.